The number of halogens is 2. The predicted molar refractivity (Wildman–Crippen MR) is 78.9 cm³/mol. The largest absolute Gasteiger partial charge is 0.591 e. The normalized spacial score (nSPS) is 14.8. The molecule has 100 valence electrons. The highest BCUT2D eigenvalue weighted by Crippen LogP contribution is 2.24. The lowest BCUT2D eigenvalue weighted by Crippen LogP contribution is -2.26. The van der Waals surface area contributed by atoms with E-state index in [9.17, 15) is 8.94 Å². The zero-order valence-corrected chi connectivity index (χ0v) is 13.6. The molecular formula is C13H17BrFNOS. The molecule has 0 aliphatic heterocycles. The van der Waals surface area contributed by atoms with Crippen LogP contribution in [0.1, 0.15) is 38.8 Å². The van der Waals surface area contributed by atoms with E-state index in [1.54, 1.807) is 6.92 Å². The number of nitrogens with zero attached hydrogens (tertiary/aromatic N) is 1. The number of rotatable bonds is 2. The molecule has 0 spiro atoms. The minimum absolute atomic E-state index is 0.335. The highest BCUT2D eigenvalue weighted by molar-refractivity contribution is 9.10. The molecule has 0 saturated carbocycles. The third-order valence-electron chi connectivity index (χ3n) is 2.44. The van der Waals surface area contributed by atoms with Crippen LogP contribution in [-0.2, 0) is 11.4 Å². The molecule has 1 atom stereocenters. The fraction of sp³-hybridized carbons (Fsp3) is 0.462. The van der Waals surface area contributed by atoms with Gasteiger partial charge in [0.05, 0.1) is 5.71 Å². The summed E-state index contributed by atoms with van der Waals surface area (Å²) >= 11 is 1.96. The topological polar surface area (TPSA) is 35.4 Å². The Hall–Kier alpha value is -0.390. The standard InChI is InChI=1S/C13H17BrFNOS/c1-8-11(6-10(15)7-12(8)14)9(2)16-18(17)13(3,4)5/h6-7H,1-5H3/t18-/m0/s1. The first-order valence-electron chi connectivity index (χ1n) is 5.56. The summed E-state index contributed by atoms with van der Waals surface area (Å²) in [5, 5.41) is 0. The Bertz CT molecular complexity index is 483. The Morgan fingerprint density at radius 1 is 1.39 bits per heavy atom. The van der Waals surface area contributed by atoms with Gasteiger partial charge in [-0.1, -0.05) is 20.3 Å². The molecule has 0 fully saturated rings. The predicted octanol–water partition coefficient (Wildman–Crippen LogP) is 4.17. The molecule has 0 aliphatic rings. The van der Waals surface area contributed by atoms with E-state index in [1.807, 2.05) is 27.7 Å². The molecule has 0 unspecified atom stereocenters. The van der Waals surface area contributed by atoms with Crippen LogP contribution >= 0.6 is 15.9 Å². The average Bonchev–Trinajstić information content (AvgIpc) is 2.21. The first kappa shape index (κ1) is 15.7. The summed E-state index contributed by atoms with van der Waals surface area (Å²) in [7, 11) is 0. The molecule has 0 aromatic heterocycles. The molecule has 18 heavy (non-hydrogen) atoms. The third kappa shape index (κ3) is 3.80. The molecule has 1 rings (SSSR count). The van der Waals surface area contributed by atoms with Crippen LogP contribution in [0.5, 0.6) is 0 Å². The van der Waals surface area contributed by atoms with Crippen LogP contribution in [0.2, 0.25) is 0 Å². The zero-order chi connectivity index (χ0) is 14.1. The van der Waals surface area contributed by atoms with Crippen molar-refractivity contribution in [3.05, 3.63) is 33.5 Å². The van der Waals surface area contributed by atoms with Crippen molar-refractivity contribution in [2.45, 2.75) is 39.4 Å². The molecule has 1 aromatic rings. The van der Waals surface area contributed by atoms with E-state index in [1.165, 1.54) is 12.1 Å². The fourth-order valence-electron chi connectivity index (χ4n) is 1.33. The first-order valence-corrected chi connectivity index (χ1v) is 7.46. The maximum atomic E-state index is 13.4. The van der Waals surface area contributed by atoms with Crippen LogP contribution in [0.3, 0.4) is 0 Å². The summed E-state index contributed by atoms with van der Waals surface area (Å²) in [6.45, 7) is 9.19. The SMILES string of the molecule is CC(=N[S@@+]([O-])C(C)(C)C)c1cc(F)cc(Br)c1C. The van der Waals surface area contributed by atoms with E-state index in [4.69, 9.17) is 0 Å². The van der Waals surface area contributed by atoms with Gasteiger partial charge in [0, 0.05) is 10.0 Å². The summed E-state index contributed by atoms with van der Waals surface area (Å²) < 4.78 is 29.8. The van der Waals surface area contributed by atoms with Crippen molar-refractivity contribution in [2.75, 3.05) is 0 Å². The van der Waals surface area contributed by atoms with Crippen molar-refractivity contribution in [3.8, 4) is 0 Å². The lowest BCUT2D eigenvalue weighted by molar-refractivity contribution is 0.561. The summed E-state index contributed by atoms with van der Waals surface area (Å²) in [6, 6.07) is 2.83. The molecule has 0 heterocycles. The summed E-state index contributed by atoms with van der Waals surface area (Å²) in [5.41, 5.74) is 2.16. The van der Waals surface area contributed by atoms with Gasteiger partial charge in [-0.05, 0) is 52.3 Å². The van der Waals surface area contributed by atoms with E-state index in [0.29, 0.717) is 15.7 Å². The molecule has 5 heteroatoms. The molecule has 1 aromatic carbocycles. The molecular weight excluding hydrogens is 317 g/mol. The quantitative estimate of drug-likeness (QED) is 0.591. The van der Waals surface area contributed by atoms with Gasteiger partial charge >= 0.3 is 0 Å². The second kappa shape index (κ2) is 5.72. The van der Waals surface area contributed by atoms with Crippen molar-refractivity contribution in [1.29, 1.82) is 0 Å². The van der Waals surface area contributed by atoms with Crippen molar-refractivity contribution < 1.29 is 8.94 Å². The lowest BCUT2D eigenvalue weighted by atomic mass is 10.1. The minimum Gasteiger partial charge on any atom is -0.591 e. The Morgan fingerprint density at radius 3 is 2.44 bits per heavy atom. The third-order valence-corrected chi connectivity index (χ3v) is 4.75. The minimum atomic E-state index is -1.34. The second-order valence-corrected chi connectivity index (χ2v) is 7.86. The molecule has 0 bridgehead atoms. The van der Waals surface area contributed by atoms with E-state index in [2.05, 4.69) is 20.3 Å². The first-order chi connectivity index (χ1) is 8.12. The van der Waals surface area contributed by atoms with E-state index in [-0.39, 0.29) is 5.82 Å². The van der Waals surface area contributed by atoms with Crippen LogP contribution in [0, 0.1) is 12.7 Å². The maximum Gasteiger partial charge on any atom is 0.144 e. The van der Waals surface area contributed by atoms with Gasteiger partial charge in [0.2, 0.25) is 0 Å². The van der Waals surface area contributed by atoms with Gasteiger partial charge in [0.25, 0.3) is 0 Å². The number of hydrogen-bond acceptors (Lipinski definition) is 2. The molecule has 0 N–H and O–H groups in total. The van der Waals surface area contributed by atoms with Crippen LogP contribution < -0.4 is 0 Å². The van der Waals surface area contributed by atoms with Crippen molar-refractivity contribution in [1.82, 2.24) is 0 Å². The molecule has 0 radical (unpaired) electrons. The average molecular weight is 334 g/mol. The van der Waals surface area contributed by atoms with Crippen molar-refractivity contribution >= 4 is 33.0 Å². The van der Waals surface area contributed by atoms with Crippen molar-refractivity contribution in [3.63, 3.8) is 0 Å². The number of hydrogen-bond donors (Lipinski definition) is 0. The van der Waals surface area contributed by atoms with Gasteiger partial charge in [0.15, 0.2) is 0 Å². The van der Waals surface area contributed by atoms with E-state index < -0.39 is 16.1 Å². The summed E-state index contributed by atoms with van der Waals surface area (Å²) in [4.78, 5) is 0. The van der Waals surface area contributed by atoms with E-state index >= 15 is 0 Å². The second-order valence-electron chi connectivity index (χ2n) is 5.10. The van der Waals surface area contributed by atoms with Crippen LogP contribution in [0.15, 0.2) is 21.0 Å². The fourth-order valence-corrected chi connectivity index (χ4v) is 2.39. The maximum absolute atomic E-state index is 13.4. The summed E-state index contributed by atoms with van der Waals surface area (Å²) in [5.74, 6) is -0.335. The summed E-state index contributed by atoms with van der Waals surface area (Å²) in [6.07, 6.45) is 0. The Labute approximate surface area is 119 Å². The van der Waals surface area contributed by atoms with E-state index in [0.717, 1.165) is 5.56 Å². The molecule has 0 saturated heterocycles. The van der Waals surface area contributed by atoms with Crippen LogP contribution in [-0.4, -0.2) is 15.0 Å². The highest BCUT2D eigenvalue weighted by Gasteiger charge is 2.27. The smallest absolute Gasteiger partial charge is 0.144 e. The molecule has 2 nitrogen and oxygen atoms in total. The molecule has 0 amide bonds. The lowest BCUT2D eigenvalue weighted by Gasteiger charge is -2.19. The zero-order valence-electron chi connectivity index (χ0n) is 11.2. The Kier molecular flexibility index (Phi) is 4.98. The van der Waals surface area contributed by atoms with Gasteiger partial charge in [-0.25, -0.2) is 4.39 Å². The van der Waals surface area contributed by atoms with Gasteiger partial charge in [0.1, 0.15) is 21.9 Å². The monoisotopic (exact) mass is 333 g/mol. The van der Waals surface area contributed by atoms with Gasteiger partial charge in [-0.15, -0.1) is 0 Å². The Morgan fingerprint density at radius 2 is 1.94 bits per heavy atom. The van der Waals surface area contributed by atoms with Gasteiger partial charge in [-0.3, -0.25) is 0 Å². The Balaban J connectivity index is 3.19. The van der Waals surface area contributed by atoms with Crippen LogP contribution in [0.25, 0.3) is 0 Å². The highest BCUT2D eigenvalue weighted by atomic mass is 79.9. The van der Waals surface area contributed by atoms with Crippen LogP contribution in [0.4, 0.5) is 4.39 Å². The number of benzene rings is 1. The molecule has 0 aliphatic carbocycles. The van der Waals surface area contributed by atoms with Gasteiger partial charge < -0.3 is 4.55 Å². The van der Waals surface area contributed by atoms with Gasteiger partial charge in [-0.2, -0.15) is 0 Å². The van der Waals surface area contributed by atoms with Crippen molar-refractivity contribution in [2.24, 2.45) is 4.40 Å².